The third-order valence-electron chi connectivity index (χ3n) is 2.33. The zero-order chi connectivity index (χ0) is 13.6. The summed E-state index contributed by atoms with van der Waals surface area (Å²) in [5.74, 6) is 0. The molecule has 0 aromatic heterocycles. The van der Waals surface area contributed by atoms with Crippen LogP contribution in [0.5, 0.6) is 0 Å². The normalized spacial score (nSPS) is 11.7. The number of rotatable bonds is 7. The molecule has 0 bridgehead atoms. The van der Waals surface area contributed by atoms with Gasteiger partial charge in [-0.3, -0.25) is 0 Å². The molecule has 0 saturated carbocycles. The first-order valence-corrected chi connectivity index (χ1v) is 7.77. The monoisotopic (exact) mass is 311 g/mol. The van der Waals surface area contributed by atoms with Crippen LogP contribution in [0.15, 0.2) is 23.1 Å². The van der Waals surface area contributed by atoms with Gasteiger partial charge in [0.05, 0.1) is 10.0 Å². The Morgan fingerprint density at radius 2 is 1.89 bits per heavy atom. The average molecular weight is 312 g/mol. The van der Waals surface area contributed by atoms with Gasteiger partial charge in [-0.1, -0.05) is 29.3 Å². The Morgan fingerprint density at radius 1 is 1.17 bits per heavy atom. The standard InChI is InChI=1S/C11H15Cl2NO3S/c12-9-5-4-6-10(11(9)13)18(16,17)14-7-2-1-3-8-15/h4-6,14-15H,1-3,7-8H2. The van der Waals surface area contributed by atoms with Crippen LogP contribution in [0.4, 0.5) is 0 Å². The Morgan fingerprint density at radius 3 is 2.56 bits per heavy atom. The lowest BCUT2D eigenvalue weighted by molar-refractivity contribution is 0.283. The molecule has 0 aliphatic rings. The lowest BCUT2D eigenvalue weighted by atomic mass is 10.2. The fourth-order valence-electron chi connectivity index (χ4n) is 1.39. The van der Waals surface area contributed by atoms with Gasteiger partial charge in [-0.2, -0.15) is 0 Å². The number of unbranched alkanes of at least 4 members (excludes halogenated alkanes) is 2. The van der Waals surface area contributed by atoms with Gasteiger partial charge in [0.2, 0.25) is 10.0 Å². The maximum absolute atomic E-state index is 11.9. The van der Waals surface area contributed by atoms with E-state index in [0.717, 1.165) is 6.42 Å². The summed E-state index contributed by atoms with van der Waals surface area (Å²) < 4.78 is 26.3. The maximum atomic E-state index is 11.9. The van der Waals surface area contributed by atoms with Crippen molar-refractivity contribution >= 4 is 33.2 Å². The summed E-state index contributed by atoms with van der Waals surface area (Å²) in [7, 11) is -3.63. The molecule has 0 unspecified atom stereocenters. The van der Waals surface area contributed by atoms with Gasteiger partial charge in [-0.15, -0.1) is 0 Å². The Kier molecular flexibility index (Phi) is 6.38. The highest BCUT2D eigenvalue weighted by molar-refractivity contribution is 7.89. The molecule has 7 heteroatoms. The quantitative estimate of drug-likeness (QED) is 0.760. The van der Waals surface area contributed by atoms with Gasteiger partial charge < -0.3 is 5.11 Å². The molecule has 0 aliphatic heterocycles. The highest BCUT2D eigenvalue weighted by atomic mass is 35.5. The van der Waals surface area contributed by atoms with E-state index in [1.54, 1.807) is 0 Å². The molecule has 4 nitrogen and oxygen atoms in total. The highest BCUT2D eigenvalue weighted by Gasteiger charge is 2.18. The first-order chi connectivity index (χ1) is 8.49. The van der Waals surface area contributed by atoms with Gasteiger partial charge in [0.15, 0.2) is 0 Å². The summed E-state index contributed by atoms with van der Waals surface area (Å²) in [5.41, 5.74) is 0. The summed E-state index contributed by atoms with van der Waals surface area (Å²) in [4.78, 5) is -0.0150. The topological polar surface area (TPSA) is 66.4 Å². The largest absolute Gasteiger partial charge is 0.396 e. The minimum Gasteiger partial charge on any atom is -0.396 e. The number of hydrogen-bond donors (Lipinski definition) is 2. The van der Waals surface area contributed by atoms with E-state index in [2.05, 4.69) is 4.72 Å². The van der Waals surface area contributed by atoms with Crippen molar-refractivity contribution < 1.29 is 13.5 Å². The van der Waals surface area contributed by atoms with Crippen LogP contribution in [0, 0.1) is 0 Å². The number of sulfonamides is 1. The Hall–Kier alpha value is -0.330. The molecule has 0 saturated heterocycles. The van der Waals surface area contributed by atoms with Crippen LogP contribution in [-0.2, 0) is 10.0 Å². The first kappa shape index (κ1) is 15.7. The molecular formula is C11H15Cl2NO3S. The Labute approximate surface area is 117 Å². The van der Waals surface area contributed by atoms with Crippen LogP contribution >= 0.6 is 23.2 Å². The summed E-state index contributed by atoms with van der Waals surface area (Å²) in [5, 5.41) is 8.84. The smallest absolute Gasteiger partial charge is 0.242 e. The van der Waals surface area contributed by atoms with Crippen molar-refractivity contribution in [3.8, 4) is 0 Å². The highest BCUT2D eigenvalue weighted by Crippen LogP contribution is 2.28. The molecule has 1 aromatic rings. The predicted molar refractivity (Wildman–Crippen MR) is 72.6 cm³/mol. The van der Waals surface area contributed by atoms with E-state index in [-0.39, 0.29) is 21.5 Å². The molecule has 18 heavy (non-hydrogen) atoms. The number of nitrogens with one attached hydrogen (secondary N) is 1. The van der Waals surface area contributed by atoms with Crippen molar-refractivity contribution in [2.24, 2.45) is 0 Å². The molecule has 0 amide bonds. The molecule has 0 radical (unpaired) electrons. The van der Waals surface area contributed by atoms with Crippen LogP contribution in [0.2, 0.25) is 10.0 Å². The fourth-order valence-corrected chi connectivity index (χ4v) is 3.22. The number of aliphatic hydroxyl groups excluding tert-OH is 1. The van der Waals surface area contributed by atoms with Gasteiger partial charge >= 0.3 is 0 Å². The summed E-state index contributed by atoms with van der Waals surface area (Å²) in [6, 6.07) is 4.48. The number of benzene rings is 1. The lowest BCUT2D eigenvalue weighted by Crippen LogP contribution is -2.25. The van der Waals surface area contributed by atoms with Crippen molar-refractivity contribution in [1.29, 1.82) is 0 Å². The second kappa shape index (κ2) is 7.31. The number of hydrogen-bond acceptors (Lipinski definition) is 3. The Bertz CT molecular complexity index is 491. The van der Waals surface area contributed by atoms with E-state index < -0.39 is 10.0 Å². The molecule has 102 valence electrons. The SMILES string of the molecule is O=S(=O)(NCCCCCO)c1cccc(Cl)c1Cl. The van der Waals surface area contributed by atoms with Crippen LogP contribution in [-0.4, -0.2) is 26.7 Å². The van der Waals surface area contributed by atoms with E-state index in [4.69, 9.17) is 28.3 Å². The minimum absolute atomic E-state index is 0.0150. The summed E-state index contributed by atoms with van der Waals surface area (Å²) in [6.45, 7) is 0.429. The van der Waals surface area contributed by atoms with Crippen LogP contribution in [0.3, 0.4) is 0 Å². The van der Waals surface area contributed by atoms with Crippen molar-refractivity contribution in [1.82, 2.24) is 4.72 Å². The fraction of sp³-hybridized carbons (Fsp3) is 0.455. The van der Waals surface area contributed by atoms with Crippen LogP contribution < -0.4 is 4.72 Å². The van der Waals surface area contributed by atoms with Crippen LogP contribution in [0.1, 0.15) is 19.3 Å². The van der Waals surface area contributed by atoms with Crippen LogP contribution in [0.25, 0.3) is 0 Å². The van der Waals surface area contributed by atoms with Crippen molar-refractivity contribution in [2.45, 2.75) is 24.2 Å². The van der Waals surface area contributed by atoms with Gasteiger partial charge in [-0.05, 0) is 31.4 Å². The van der Waals surface area contributed by atoms with Gasteiger partial charge in [-0.25, -0.2) is 13.1 Å². The molecule has 0 heterocycles. The second-order valence-corrected chi connectivity index (χ2v) is 6.25. The Balaban J connectivity index is 2.66. The molecule has 0 aliphatic carbocycles. The van der Waals surface area contributed by atoms with Crippen molar-refractivity contribution in [3.05, 3.63) is 28.2 Å². The van der Waals surface area contributed by atoms with Gasteiger partial charge in [0.25, 0.3) is 0 Å². The zero-order valence-corrected chi connectivity index (χ0v) is 12.0. The zero-order valence-electron chi connectivity index (χ0n) is 9.70. The van der Waals surface area contributed by atoms with Gasteiger partial charge in [0.1, 0.15) is 4.90 Å². The summed E-state index contributed by atoms with van der Waals surface area (Å²) in [6.07, 6.45) is 2.10. The molecule has 1 aromatic carbocycles. The van der Waals surface area contributed by atoms with E-state index >= 15 is 0 Å². The third kappa shape index (κ3) is 4.40. The second-order valence-electron chi connectivity index (χ2n) is 3.73. The lowest BCUT2D eigenvalue weighted by Gasteiger charge is -2.08. The van der Waals surface area contributed by atoms with Crippen molar-refractivity contribution in [2.75, 3.05) is 13.2 Å². The number of aliphatic hydroxyl groups is 1. The van der Waals surface area contributed by atoms with Gasteiger partial charge in [0, 0.05) is 13.2 Å². The minimum atomic E-state index is -3.63. The third-order valence-corrected chi connectivity index (χ3v) is 4.77. The summed E-state index contributed by atoms with van der Waals surface area (Å²) >= 11 is 11.6. The molecule has 0 atom stereocenters. The number of halogens is 2. The van der Waals surface area contributed by atoms with E-state index in [0.29, 0.717) is 19.4 Å². The average Bonchev–Trinajstić information content (AvgIpc) is 2.32. The molecule has 0 fully saturated rings. The molecule has 2 N–H and O–H groups in total. The van der Waals surface area contributed by atoms with Crippen molar-refractivity contribution in [3.63, 3.8) is 0 Å². The molecule has 0 spiro atoms. The first-order valence-electron chi connectivity index (χ1n) is 5.53. The van der Waals surface area contributed by atoms with E-state index in [1.807, 2.05) is 0 Å². The molecule has 1 rings (SSSR count). The van der Waals surface area contributed by atoms with E-state index in [1.165, 1.54) is 18.2 Å². The molecular weight excluding hydrogens is 297 g/mol. The predicted octanol–water partition coefficient (Wildman–Crippen LogP) is 2.43. The van der Waals surface area contributed by atoms with E-state index in [9.17, 15) is 8.42 Å². The maximum Gasteiger partial charge on any atom is 0.242 e.